The van der Waals surface area contributed by atoms with E-state index in [9.17, 15) is 24.0 Å². The van der Waals surface area contributed by atoms with Crippen LogP contribution in [-0.2, 0) is 44.0 Å². The molecule has 5 fully saturated rings. The van der Waals surface area contributed by atoms with E-state index in [2.05, 4.69) is 21.2 Å². The summed E-state index contributed by atoms with van der Waals surface area (Å²) in [5.41, 5.74) is 6.54. The maximum absolute atomic E-state index is 16.9. The summed E-state index contributed by atoms with van der Waals surface area (Å²) in [5, 5.41) is 8.72. The number of rotatable bonds is 16. The second-order valence-corrected chi connectivity index (χ2v) is 25.3. The minimum atomic E-state index is -0.762. The van der Waals surface area contributed by atoms with Gasteiger partial charge in [-0.3, -0.25) is 33.7 Å². The Bertz CT molecular complexity index is 3880. The van der Waals surface area contributed by atoms with Gasteiger partial charge in [-0.05, 0) is 145 Å². The topological polar surface area (TPSA) is 210 Å². The van der Waals surface area contributed by atoms with Crippen LogP contribution in [0.15, 0.2) is 65.6 Å². The lowest BCUT2D eigenvalue weighted by molar-refractivity contribution is -0.135. The van der Waals surface area contributed by atoms with Crippen molar-refractivity contribution in [2.24, 2.45) is 7.05 Å². The molecule has 2 unspecified atom stereocenters. The molecule has 0 spiro atoms. The highest BCUT2D eigenvalue weighted by molar-refractivity contribution is 6.06. The first-order chi connectivity index (χ1) is 41.7. The van der Waals surface area contributed by atoms with E-state index in [0.717, 1.165) is 54.2 Å². The number of imidazole rings is 1. The molecule has 4 saturated heterocycles. The summed E-state index contributed by atoms with van der Waals surface area (Å²) >= 11 is 0. The number of carbonyl (C=O) groups excluding carboxylic acids is 4. The molecule has 1 N–H and O–H groups in total. The predicted molar refractivity (Wildman–Crippen MR) is 326 cm³/mol. The number of imide groups is 1. The zero-order valence-corrected chi connectivity index (χ0v) is 51.2. The molecule has 0 radical (unpaired) electrons. The average Bonchev–Trinajstić information content (AvgIpc) is 1.86. The number of ether oxygens (including phenoxy) is 5. The quantitative estimate of drug-likeness (QED) is 0.0895. The van der Waals surface area contributed by atoms with Crippen molar-refractivity contribution in [1.29, 1.82) is 0 Å². The molecule has 1 saturated carbocycles. The molecule has 21 nitrogen and oxygen atoms in total. The molecule has 0 bridgehead atoms. The van der Waals surface area contributed by atoms with E-state index in [4.69, 9.17) is 38.8 Å². The van der Waals surface area contributed by atoms with E-state index in [1.54, 1.807) is 36.6 Å². The molecule has 5 aliphatic rings. The van der Waals surface area contributed by atoms with Gasteiger partial charge < -0.3 is 38.4 Å². The molecule has 4 aromatic carbocycles. The Morgan fingerprint density at radius 3 is 2.38 bits per heavy atom. The number of benzene rings is 4. The van der Waals surface area contributed by atoms with Crippen molar-refractivity contribution in [2.45, 2.75) is 148 Å². The van der Waals surface area contributed by atoms with E-state index in [1.807, 2.05) is 99.9 Å². The Labute approximate surface area is 504 Å². The molecule has 7 heterocycles. The minimum absolute atomic E-state index is 0.0631. The third-order valence-electron chi connectivity index (χ3n) is 17.9. The van der Waals surface area contributed by atoms with Crippen LogP contribution < -0.4 is 25.4 Å². The SMILES string of the molecule is CO[C@@H](C)COc1nc(N(C)[C@@H]2CCN(C(=O)OC(C)(C)C)C2)c2cc(C3CC3)c(-c3c(C)c(F)cc4c3cnn4C3CCCCO3)c(OCc3ccc(C(=O)N4CCN(Cc5ccc6c(c5)n(C)c(=O)n6C5CCC(=O)NC5=O)C[C@@H]4C)cc3)c2n1. The number of aryl methyl sites for hydroxylation is 1. The second-order valence-electron chi connectivity index (χ2n) is 25.3. The number of likely N-dealkylation sites (N-methyl/N-ethyl adjacent to an activating group) is 1. The number of likely N-dealkylation sites (tertiary alicyclic amines) is 1. The maximum atomic E-state index is 16.9. The lowest BCUT2D eigenvalue weighted by Crippen LogP contribution is -2.53. The van der Waals surface area contributed by atoms with Crippen molar-refractivity contribution in [3.05, 3.63) is 105 Å². The third kappa shape index (κ3) is 11.9. The van der Waals surface area contributed by atoms with Gasteiger partial charge in [0.05, 0.1) is 28.9 Å². The molecular weight excluding hydrogens is 1110 g/mol. The smallest absolute Gasteiger partial charge is 0.410 e. The number of hydrogen-bond donors (Lipinski definition) is 1. The first-order valence-electron chi connectivity index (χ1n) is 30.5. The molecule has 87 heavy (non-hydrogen) atoms. The summed E-state index contributed by atoms with van der Waals surface area (Å²) < 4.78 is 52.9. The second kappa shape index (κ2) is 24.0. The van der Waals surface area contributed by atoms with Crippen LogP contribution in [0.1, 0.15) is 137 Å². The highest BCUT2D eigenvalue weighted by Crippen LogP contribution is 2.54. The molecule has 1 aliphatic carbocycles. The summed E-state index contributed by atoms with van der Waals surface area (Å²) in [6.45, 7) is 15.4. The Balaban J connectivity index is 0.852. The normalized spacial score (nSPS) is 20.8. The number of fused-ring (bicyclic) bond motifs is 3. The number of methoxy groups -OCH3 is 1. The Kier molecular flexibility index (Phi) is 16.4. The van der Waals surface area contributed by atoms with Gasteiger partial charge in [0, 0.05) is 119 Å². The Morgan fingerprint density at radius 1 is 0.885 bits per heavy atom. The summed E-state index contributed by atoms with van der Waals surface area (Å²) in [7, 11) is 5.28. The van der Waals surface area contributed by atoms with Crippen LogP contribution in [0.25, 0.3) is 44.0 Å². The largest absolute Gasteiger partial charge is 0.486 e. The molecule has 5 atom stereocenters. The lowest BCUT2D eigenvalue weighted by Gasteiger charge is -2.40. The monoisotopic (exact) mass is 1190 g/mol. The number of piperazine rings is 1. The van der Waals surface area contributed by atoms with Crippen molar-refractivity contribution >= 4 is 62.5 Å². The van der Waals surface area contributed by atoms with Crippen LogP contribution in [0.5, 0.6) is 11.8 Å². The highest BCUT2D eigenvalue weighted by atomic mass is 19.1. The first kappa shape index (κ1) is 59.4. The summed E-state index contributed by atoms with van der Waals surface area (Å²) in [5.74, 6) is -0.149. The number of anilines is 1. The van der Waals surface area contributed by atoms with Crippen molar-refractivity contribution in [3.63, 3.8) is 0 Å². The first-order valence-corrected chi connectivity index (χ1v) is 30.5. The van der Waals surface area contributed by atoms with Gasteiger partial charge >= 0.3 is 17.8 Å². The number of amides is 4. The predicted octanol–water partition coefficient (Wildman–Crippen LogP) is 9.09. The van der Waals surface area contributed by atoms with Gasteiger partial charge in [0.2, 0.25) is 11.8 Å². The van der Waals surface area contributed by atoms with Crippen molar-refractivity contribution in [2.75, 3.05) is 65.0 Å². The molecule has 460 valence electrons. The van der Waals surface area contributed by atoms with E-state index >= 15 is 4.39 Å². The van der Waals surface area contributed by atoms with Crippen molar-refractivity contribution < 1.29 is 47.3 Å². The molecule has 3 aromatic heterocycles. The van der Waals surface area contributed by atoms with Crippen LogP contribution in [0.3, 0.4) is 0 Å². The Hall–Kier alpha value is -7.95. The van der Waals surface area contributed by atoms with Gasteiger partial charge in [-0.25, -0.2) is 18.7 Å². The number of carbonyl (C=O) groups is 4. The van der Waals surface area contributed by atoms with Crippen LogP contribution in [-0.4, -0.2) is 151 Å². The van der Waals surface area contributed by atoms with Crippen molar-refractivity contribution in [1.82, 2.24) is 48.9 Å². The third-order valence-corrected chi connectivity index (χ3v) is 17.9. The van der Waals surface area contributed by atoms with Crippen LogP contribution in [0.2, 0.25) is 0 Å². The molecule has 7 aromatic rings. The van der Waals surface area contributed by atoms with Crippen molar-refractivity contribution in [3.8, 4) is 22.9 Å². The fourth-order valence-electron chi connectivity index (χ4n) is 12.9. The van der Waals surface area contributed by atoms with Crippen LogP contribution >= 0.6 is 0 Å². The fraction of sp³-hybridized carbons (Fsp3) is 0.508. The van der Waals surface area contributed by atoms with Gasteiger partial charge in [-0.1, -0.05) is 18.2 Å². The van der Waals surface area contributed by atoms with E-state index in [1.165, 1.54) is 4.57 Å². The summed E-state index contributed by atoms with van der Waals surface area (Å²) in [6.07, 6.45) is 6.40. The number of nitrogens with one attached hydrogen (secondary N) is 1. The zero-order chi connectivity index (χ0) is 61.2. The zero-order valence-electron chi connectivity index (χ0n) is 51.2. The van der Waals surface area contributed by atoms with E-state index < -0.39 is 17.6 Å². The van der Waals surface area contributed by atoms with Gasteiger partial charge in [0.25, 0.3) is 5.91 Å². The number of halogens is 1. The summed E-state index contributed by atoms with van der Waals surface area (Å²) in [6, 6.07) is 16.1. The molecular formula is C65H78FN11O10. The fourth-order valence-corrected chi connectivity index (χ4v) is 12.9. The van der Waals surface area contributed by atoms with Crippen LogP contribution in [0, 0.1) is 12.7 Å². The van der Waals surface area contributed by atoms with E-state index in [-0.39, 0.29) is 91.8 Å². The summed E-state index contributed by atoms with van der Waals surface area (Å²) in [4.78, 5) is 84.2. The average molecular weight is 1190 g/mol. The standard InChI is InChI=1S/C65H78FN11O10/c1-37-32-73(33-41-15-20-49-52(28-41)72(8)63(81)76(49)50-21-22-53(78)68-60(50)79)25-26-75(37)61(80)43-16-13-40(14-17-43)36-85-58-56(55-39(3)48(66)30-51-47(55)31-67-77(51)54-12-10-11-27-84-54)45(42-18-19-42)29-46-57(58)69-62(86-35-38(2)83-9)70-59(46)71(7)44-23-24-74(34-44)64(82)87-65(4,5)6/h13-17,20,28-31,37-38,42,44,50,54H,10-12,18-19,21-27,32-36H2,1-9H3,(H,68,78,79)/t37-,38-,44+,50?,54?/m0/s1. The molecule has 4 aliphatic heterocycles. The maximum Gasteiger partial charge on any atom is 0.410 e. The van der Waals surface area contributed by atoms with Gasteiger partial charge in [0.15, 0.2) is 12.0 Å². The lowest BCUT2D eigenvalue weighted by atomic mass is 9.88. The highest BCUT2D eigenvalue weighted by Gasteiger charge is 2.38. The molecule has 12 rings (SSSR count). The molecule has 4 amide bonds. The van der Waals surface area contributed by atoms with Gasteiger partial charge in [0.1, 0.15) is 42.0 Å². The number of aromatic nitrogens is 6. The molecule has 22 heteroatoms. The minimum Gasteiger partial charge on any atom is -0.486 e. The van der Waals surface area contributed by atoms with Gasteiger partial charge in [-0.15, -0.1) is 0 Å². The number of nitrogens with zero attached hydrogens (tertiary/aromatic N) is 10. The Morgan fingerprint density at radius 2 is 1.67 bits per heavy atom. The number of hydrogen-bond acceptors (Lipinski definition) is 15. The number of piperidine rings is 1. The van der Waals surface area contributed by atoms with Gasteiger partial charge in [-0.2, -0.15) is 15.1 Å². The van der Waals surface area contributed by atoms with E-state index in [0.29, 0.717) is 114 Å². The van der Waals surface area contributed by atoms with Crippen LogP contribution in [0.4, 0.5) is 15.0 Å².